The highest BCUT2D eigenvalue weighted by molar-refractivity contribution is 7.18. The SMILES string of the molecule is CC(=O)c1sc(NC(=O)c2cc(F)cc(F)c2)nc1-c1ccccc1. The number of Topliss-reactive ketones (excluding diaryl/α,β-unsaturated/α-hetero) is 1. The zero-order valence-electron chi connectivity index (χ0n) is 13.0. The van der Waals surface area contributed by atoms with Crippen LogP contribution in [-0.2, 0) is 0 Å². The average molecular weight is 358 g/mol. The number of thiazole rings is 1. The molecule has 0 aliphatic carbocycles. The van der Waals surface area contributed by atoms with Crippen molar-refractivity contribution in [3.8, 4) is 11.3 Å². The largest absolute Gasteiger partial charge is 0.298 e. The fraction of sp³-hybridized carbons (Fsp3) is 0.0556. The van der Waals surface area contributed by atoms with Gasteiger partial charge in [0.1, 0.15) is 11.6 Å². The molecule has 1 amide bonds. The van der Waals surface area contributed by atoms with Gasteiger partial charge in [0.15, 0.2) is 10.9 Å². The third kappa shape index (κ3) is 3.77. The molecule has 3 aromatic rings. The maximum atomic E-state index is 13.2. The van der Waals surface area contributed by atoms with Crippen molar-refractivity contribution in [2.24, 2.45) is 0 Å². The molecule has 25 heavy (non-hydrogen) atoms. The first kappa shape index (κ1) is 16.9. The van der Waals surface area contributed by atoms with Crippen molar-refractivity contribution in [2.75, 3.05) is 5.32 Å². The van der Waals surface area contributed by atoms with E-state index in [0.717, 1.165) is 29.0 Å². The van der Waals surface area contributed by atoms with Crippen molar-refractivity contribution in [2.45, 2.75) is 6.92 Å². The van der Waals surface area contributed by atoms with Crippen molar-refractivity contribution in [3.63, 3.8) is 0 Å². The molecule has 0 spiro atoms. The number of anilines is 1. The first-order valence-electron chi connectivity index (χ1n) is 7.28. The van der Waals surface area contributed by atoms with Gasteiger partial charge >= 0.3 is 0 Å². The molecule has 7 heteroatoms. The smallest absolute Gasteiger partial charge is 0.257 e. The first-order chi connectivity index (χ1) is 11.9. The molecule has 2 aromatic carbocycles. The van der Waals surface area contributed by atoms with Crippen LogP contribution >= 0.6 is 11.3 Å². The van der Waals surface area contributed by atoms with Crippen LogP contribution in [0.15, 0.2) is 48.5 Å². The number of carbonyl (C=O) groups excluding carboxylic acids is 2. The molecule has 0 unspecified atom stereocenters. The van der Waals surface area contributed by atoms with E-state index in [2.05, 4.69) is 10.3 Å². The summed E-state index contributed by atoms with van der Waals surface area (Å²) >= 11 is 1.01. The number of ketones is 1. The van der Waals surface area contributed by atoms with Gasteiger partial charge in [-0.15, -0.1) is 0 Å². The number of rotatable bonds is 4. The van der Waals surface area contributed by atoms with Gasteiger partial charge in [-0.3, -0.25) is 14.9 Å². The van der Waals surface area contributed by atoms with Crippen LogP contribution in [0.25, 0.3) is 11.3 Å². The lowest BCUT2D eigenvalue weighted by molar-refractivity contribution is 0.101. The molecule has 0 saturated carbocycles. The maximum Gasteiger partial charge on any atom is 0.257 e. The van der Waals surface area contributed by atoms with Crippen LogP contribution in [-0.4, -0.2) is 16.7 Å². The highest BCUT2D eigenvalue weighted by Gasteiger charge is 2.18. The molecular formula is C18H12F2N2O2S. The normalized spacial score (nSPS) is 10.5. The Hall–Kier alpha value is -2.93. The van der Waals surface area contributed by atoms with Gasteiger partial charge in [0.05, 0.1) is 10.6 Å². The molecular weight excluding hydrogens is 346 g/mol. The molecule has 0 aliphatic rings. The Morgan fingerprint density at radius 1 is 1.04 bits per heavy atom. The number of hydrogen-bond acceptors (Lipinski definition) is 4. The van der Waals surface area contributed by atoms with Crippen LogP contribution in [0.2, 0.25) is 0 Å². The standard InChI is InChI=1S/C18H12F2N2O2S/c1-10(23)16-15(11-5-3-2-4-6-11)21-18(25-16)22-17(24)12-7-13(19)9-14(20)8-12/h2-9H,1H3,(H,21,22,24). The van der Waals surface area contributed by atoms with E-state index in [1.165, 1.54) is 6.92 Å². The number of nitrogens with zero attached hydrogens (tertiary/aromatic N) is 1. The molecule has 0 fully saturated rings. The Labute approximate surface area is 146 Å². The fourth-order valence-corrected chi connectivity index (χ4v) is 3.14. The molecule has 126 valence electrons. The van der Waals surface area contributed by atoms with Gasteiger partial charge < -0.3 is 0 Å². The Kier molecular flexibility index (Phi) is 4.67. The molecule has 1 heterocycles. The molecule has 0 bridgehead atoms. The summed E-state index contributed by atoms with van der Waals surface area (Å²) in [7, 11) is 0. The molecule has 0 aliphatic heterocycles. The van der Waals surface area contributed by atoms with Crippen molar-refractivity contribution in [1.82, 2.24) is 4.98 Å². The second-order valence-electron chi connectivity index (χ2n) is 5.23. The minimum atomic E-state index is -0.848. The number of nitrogens with one attached hydrogen (secondary N) is 1. The van der Waals surface area contributed by atoms with Crippen molar-refractivity contribution in [3.05, 3.63) is 70.6 Å². The Bertz CT molecular complexity index is 935. The van der Waals surface area contributed by atoms with Gasteiger partial charge in [0.2, 0.25) is 0 Å². The van der Waals surface area contributed by atoms with Crippen molar-refractivity contribution < 1.29 is 18.4 Å². The second-order valence-corrected chi connectivity index (χ2v) is 6.23. The van der Waals surface area contributed by atoms with Crippen LogP contribution in [0.3, 0.4) is 0 Å². The number of halogens is 2. The summed E-state index contributed by atoms with van der Waals surface area (Å²) in [5, 5.41) is 2.66. The molecule has 0 atom stereocenters. The number of aromatic nitrogens is 1. The molecule has 0 radical (unpaired) electrons. The summed E-state index contributed by atoms with van der Waals surface area (Å²) < 4.78 is 26.5. The number of carbonyl (C=O) groups is 2. The highest BCUT2D eigenvalue weighted by Crippen LogP contribution is 2.31. The van der Waals surface area contributed by atoms with Gasteiger partial charge in [-0.25, -0.2) is 13.8 Å². The number of benzene rings is 2. The van der Waals surface area contributed by atoms with E-state index in [4.69, 9.17) is 0 Å². The van der Waals surface area contributed by atoms with Gasteiger partial charge in [0, 0.05) is 24.1 Å². The van der Waals surface area contributed by atoms with Crippen molar-refractivity contribution in [1.29, 1.82) is 0 Å². The molecule has 1 N–H and O–H groups in total. The zero-order chi connectivity index (χ0) is 18.0. The van der Waals surface area contributed by atoms with Gasteiger partial charge in [-0.05, 0) is 12.1 Å². The third-order valence-electron chi connectivity index (χ3n) is 3.34. The monoisotopic (exact) mass is 358 g/mol. The first-order valence-corrected chi connectivity index (χ1v) is 8.10. The van der Waals surface area contributed by atoms with E-state index in [1.54, 1.807) is 12.1 Å². The van der Waals surface area contributed by atoms with E-state index in [9.17, 15) is 18.4 Å². The summed E-state index contributed by atoms with van der Waals surface area (Å²) in [6, 6.07) is 11.6. The molecule has 4 nitrogen and oxygen atoms in total. The Morgan fingerprint density at radius 3 is 2.28 bits per heavy atom. The van der Waals surface area contributed by atoms with Crippen LogP contribution in [0.5, 0.6) is 0 Å². The lowest BCUT2D eigenvalue weighted by atomic mass is 10.1. The summed E-state index contributed by atoms with van der Waals surface area (Å²) in [5.41, 5.74) is 1.03. The van der Waals surface area contributed by atoms with E-state index in [0.29, 0.717) is 16.6 Å². The van der Waals surface area contributed by atoms with Gasteiger partial charge in [-0.2, -0.15) is 0 Å². The fourth-order valence-electron chi connectivity index (χ4n) is 2.26. The van der Waals surface area contributed by atoms with Crippen molar-refractivity contribution >= 4 is 28.2 Å². The summed E-state index contributed by atoms with van der Waals surface area (Å²) in [6.45, 7) is 1.41. The third-order valence-corrected chi connectivity index (χ3v) is 4.41. The predicted octanol–water partition coefficient (Wildman–Crippen LogP) is 4.54. The van der Waals surface area contributed by atoms with Crippen LogP contribution in [0.4, 0.5) is 13.9 Å². The second kappa shape index (κ2) is 6.90. The van der Waals surface area contributed by atoms with Crippen LogP contribution < -0.4 is 5.32 Å². The summed E-state index contributed by atoms with van der Waals surface area (Å²) in [6.07, 6.45) is 0. The molecule has 1 aromatic heterocycles. The summed E-state index contributed by atoms with van der Waals surface area (Å²) in [4.78, 5) is 28.7. The van der Waals surface area contributed by atoms with E-state index >= 15 is 0 Å². The van der Waals surface area contributed by atoms with Gasteiger partial charge in [0.25, 0.3) is 5.91 Å². The average Bonchev–Trinajstić information content (AvgIpc) is 2.99. The topological polar surface area (TPSA) is 59.1 Å². The predicted molar refractivity (Wildman–Crippen MR) is 91.9 cm³/mol. The minimum absolute atomic E-state index is 0.168. The lowest BCUT2D eigenvalue weighted by Crippen LogP contribution is -2.12. The van der Waals surface area contributed by atoms with E-state index in [-0.39, 0.29) is 16.5 Å². The maximum absolute atomic E-state index is 13.2. The summed E-state index contributed by atoms with van der Waals surface area (Å²) in [5.74, 6) is -2.59. The lowest BCUT2D eigenvalue weighted by Gasteiger charge is -2.02. The zero-order valence-corrected chi connectivity index (χ0v) is 13.9. The van der Waals surface area contributed by atoms with Gasteiger partial charge in [-0.1, -0.05) is 41.7 Å². The molecule has 0 saturated heterocycles. The Balaban J connectivity index is 1.93. The number of amides is 1. The minimum Gasteiger partial charge on any atom is -0.298 e. The molecule has 3 rings (SSSR count). The van der Waals surface area contributed by atoms with Crippen LogP contribution in [0, 0.1) is 11.6 Å². The highest BCUT2D eigenvalue weighted by atomic mass is 32.1. The van der Waals surface area contributed by atoms with Crippen LogP contribution in [0.1, 0.15) is 27.0 Å². The Morgan fingerprint density at radius 2 is 1.68 bits per heavy atom. The quantitative estimate of drug-likeness (QED) is 0.697. The van der Waals surface area contributed by atoms with E-state index in [1.807, 2.05) is 18.2 Å². The van der Waals surface area contributed by atoms with E-state index < -0.39 is 17.5 Å². The number of hydrogen-bond donors (Lipinski definition) is 1.